The Morgan fingerprint density at radius 2 is 1.73 bits per heavy atom. The second-order valence-electron chi connectivity index (χ2n) is 8.28. The average Bonchev–Trinajstić information content (AvgIpc) is 3.20. The summed E-state index contributed by atoms with van der Waals surface area (Å²) in [5.74, 6) is 0.500. The van der Waals surface area contributed by atoms with Crippen LogP contribution in [-0.2, 0) is 9.59 Å². The van der Waals surface area contributed by atoms with E-state index in [1.54, 1.807) is 12.1 Å². The topological polar surface area (TPSA) is 89.0 Å². The van der Waals surface area contributed by atoms with Crippen LogP contribution in [0.2, 0.25) is 0 Å². The van der Waals surface area contributed by atoms with Crippen molar-refractivity contribution in [2.75, 3.05) is 18.5 Å². The third-order valence-electron chi connectivity index (χ3n) is 5.23. The molecule has 1 saturated heterocycles. The third-order valence-corrected chi connectivity index (χ3v) is 6.94. The summed E-state index contributed by atoms with van der Waals surface area (Å²) >= 11 is 3.42. The van der Waals surface area contributed by atoms with Crippen LogP contribution in [0.25, 0.3) is 6.08 Å². The van der Waals surface area contributed by atoms with Gasteiger partial charge < -0.3 is 20.1 Å². The highest BCUT2D eigenvalue weighted by atomic mass is 127. The fourth-order valence-corrected chi connectivity index (χ4v) is 5.04. The molecule has 0 spiro atoms. The summed E-state index contributed by atoms with van der Waals surface area (Å²) in [7, 11) is 0. The molecule has 1 fully saturated rings. The van der Waals surface area contributed by atoms with Crippen molar-refractivity contribution >= 4 is 68.8 Å². The number of nitrogens with one attached hydrogen (secondary N) is 2. The Hall–Kier alpha value is -3.31. The van der Waals surface area contributed by atoms with Crippen molar-refractivity contribution < 1.29 is 19.1 Å². The number of benzene rings is 3. The maximum Gasteiger partial charge on any atom is 0.264 e. The number of halogens is 1. The lowest BCUT2D eigenvalue weighted by Gasteiger charge is -2.15. The van der Waals surface area contributed by atoms with Crippen LogP contribution in [-0.4, -0.2) is 30.2 Å². The number of thioether (sulfide) groups is 1. The van der Waals surface area contributed by atoms with Gasteiger partial charge in [0.15, 0.2) is 23.3 Å². The summed E-state index contributed by atoms with van der Waals surface area (Å²) < 4.78 is 12.4. The van der Waals surface area contributed by atoms with Gasteiger partial charge in [-0.05, 0) is 103 Å². The Bertz CT molecular complexity index is 1370. The van der Waals surface area contributed by atoms with Crippen LogP contribution in [0.15, 0.2) is 70.6 Å². The van der Waals surface area contributed by atoms with Gasteiger partial charge in [-0.1, -0.05) is 35.4 Å². The SMILES string of the molecule is CCOc1cc(/C=C2/SC(=Nc3ccc(C)cc3)NC2=O)cc(I)c1OCC(=O)Nc1ccc(C)cc1. The van der Waals surface area contributed by atoms with Crippen molar-refractivity contribution in [3.8, 4) is 11.5 Å². The summed E-state index contributed by atoms with van der Waals surface area (Å²) in [6, 6.07) is 19.0. The van der Waals surface area contributed by atoms with Crippen molar-refractivity contribution in [1.29, 1.82) is 0 Å². The van der Waals surface area contributed by atoms with Crippen LogP contribution < -0.4 is 20.1 Å². The molecule has 0 saturated carbocycles. The Morgan fingerprint density at radius 1 is 1.05 bits per heavy atom. The number of aliphatic imine (C=N–C) groups is 1. The highest BCUT2D eigenvalue weighted by Gasteiger charge is 2.24. The summed E-state index contributed by atoms with van der Waals surface area (Å²) in [4.78, 5) is 30.0. The van der Waals surface area contributed by atoms with Gasteiger partial charge in [-0.25, -0.2) is 4.99 Å². The van der Waals surface area contributed by atoms with Crippen molar-refractivity contribution in [3.63, 3.8) is 0 Å². The molecule has 0 atom stereocenters. The minimum atomic E-state index is -0.271. The zero-order chi connectivity index (χ0) is 26.4. The number of aryl methyl sites for hydroxylation is 2. The summed E-state index contributed by atoms with van der Waals surface area (Å²) in [6.45, 7) is 6.13. The molecule has 0 radical (unpaired) electrons. The quantitative estimate of drug-likeness (QED) is 0.229. The summed E-state index contributed by atoms with van der Waals surface area (Å²) in [5, 5.41) is 6.16. The fraction of sp³-hybridized carbons (Fsp3) is 0.179. The van der Waals surface area contributed by atoms with Crippen molar-refractivity contribution in [3.05, 3.63) is 85.8 Å². The summed E-state index contributed by atoms with van der Waals surface area (Å²) in [5.41, 5.74) is 4.52. The number of anilines is 1. The Kier molecular flexibility index (Phi) is 8.88. The molecule has 0 unspecified atom stereocenters. The van der Waals surface area contributed by atoms with Crippen LogP contribution in [0.5, 0.6) is 11.5 Å². The third kappa shape index (κ3) is 7.36. The highest BCUT2D eigenvalue weighted by molar-refractivity contribution is 14.1. The molecular formula is C28H26IN3O4S. The predicted molar refractivity (Wildman–Crippen MR) is 158 cm³/mol. The zero-order valence-electron chi connectivity index (χ0n) is 20.6. The molecule has 2 amide bonds. The minimum absolute atomic E-state index is 0.165. The maximum absolute atomic E-state index is 12.6. The van der Waals surface area contributed by atoms with E-state index in [0.29, 0.717) is 33.9 Å². The van der Waals surface area contributed by atoms with Crippen molar-refractivity contribution in [2.24, 2.45) is 4.99 Å². The molecule has 0 aromatic heterocycles. The van der Waals surface area contributed by atoms with Gasteiger partial charge in [0.25, 0.3) is 11.8 Å². The molecule has 0 aliphatic carbocycles. The number of hydrogen-bond donors (Lipinski definition) is 2. The number of hydrogen-bond acceptors (Lipinski definition) is 6. The van der Waals surface area contributed by atoms with E-state index in [4.69, 9.17) is 9.47 Å². The highest BCUT2D eigenvalue weighted by Crippen LogP contribution is 2.36. The van der Waals surface area contributed by atoms with Crippen LogP contribution in [0, 0.1) is 17.4 Å². The molecule has 0 bridgehead atoms. The smallest absolute Gasteiger partial charge is 0.264 e. The van der Waals surface area contributed by atoms with Gasteiger partial charge in [-0.15, -0.1) is 0 Å². The first kappa shape index (κ1) is 26.7. The second kappa shape index (κ2) is 12.3. The van der Waals surface area contributed by atoms with Crippen LogP contribution in [0.4, 0.5) is 11.4 Å². The van der Waals surface area contributed by atoms with Crippen LogP contribution in [0.3, 0.4) is 0 Å². The fourth-order valence-electron chi connectivity index (χ4n) is 3.41. The molecule has 3 aromatic carbocycles. The van der Waals surface area contributed by atoms with Crippen molar-refractivity contribution in [2.45, 2.75) is 20.8 Å². The Balaban J connectivity index is 1.48. The lowest BCUT2D eigenvalue weighted by molar-refractivity contribution is -0.118. The van der Waals surface area contributed by atoms with Gasteiger partial charge in [0, 0.05) is 5.69 Å². The number of carbonyl (C=O) groups excluding carboxylic acids is 2. The lowest BCUT2D eigenvalue weighted by atomic mass is 10.2. The zero-order valence-corrected chi connectivity index (χ0v) is 23.6. The van der Waals surface area contributed by atoms with E-state index in [9.17, 15) is 9.59 Å². The van der Waals surface area contributed by atoms with E-state index < -0.39 is 0 Å². The van der Waals surface area contributed by atoms with Gasteiger partial charge in [0.05, 0.1) is 20.8 Å². The monoisotopic (exact) mass is 627 g/mol. The van der Waals surface area contributed by atoms with E-state index in [1.807, 2.05) is 75.4 Å². The molecule has 7 nitrogen and oxygen atoms in total. The van der Waals surface area contributed by atoms with Gasteiger partial charge in [-0.3, -0.25) is 9.59 Å². The molecule has 1 heterocycles. The first-order chi connectivity index (χ1) is 17.8. The van der Waals surface area contributed by atoms with Gasteiger partial charge in [0.2, 0.25) is 0 Å². The van der Waals surface area contributed by atoms with Crippen molar-refractivity contribution in [1.82, 2.24) is 5.32 Å². The minimum Gasteiger partial charge on any atom is -0.490 e. The number of ether oxygens (including phenoxy) is 2. The largest absolute Gasteiger partial charge is 0.490 e. The normalized spacial score (nSPS) is 15.1. The Morgan fingerprint density at radius 3 is 2.41 bits per heavy atom. The van der Waals surface area contributed by atoms with Gasteiger partial charge in [0.1, 0.15) is 0 Å². The molecule has 4 rings (SSSR count). The predicted octanol–water partition coefficient (Wildman–Crippen LogP) is 6.22. The molecule has 9 heteroatoms. The van der Waals surface area contributed by atoms with E-state index in [-0.39, 0.29) is 18.4 Å². The van der Waals surface area contributed by atoms with E-state index in [0.717, 1.165) is 25.9 Å². The van der Waals surface area contributed by atoms with E-state index in [1.165, 1.54) is 11.8 Å². The lowest BCUT2D eigenvalue weighted by Crippen LogP contribution is -2.20. The number of rotatable bonds is 8. The maximum atomic E-state index is 12.6. The number of amidine groups is 1. The average molecular weight is 628 g/mol. The molecule has 37 heavy (non-hydrogen) atoms. The first-order valence-electron chi connectivity index (χ1n) is 11.6. The molecule has 1 aliphatic heterocycles. The van der Waals surface area contributed by atoms with Gasteiger partial charge in [-0.2, -0.15) is 0 Å². The number of nitrogens with zero attached hydrogens (tertiary/aromatic N) is 1. The summed E-state index contributed by atoms with van der Waals surface area (Å²) in [6.07, 6.45) is 1.79. The molecule has 3 aromatic rings. The van der Waals surface area contributed by atoms with Crippen LogP contribution >= 0.6 is 34.4 Å². The van der Waals surface area contributed by atoms with E-state index in [2.05, 4.69) is 38.2 Å². The van der Waals surface area contributed by atoms with E-state index >= 15 is 0 Å². The van der Waals surface area contributed by atoms with Gasteiger partial charge >= 0.3 is 0 Å². The molecule has 1 aliphatic rings. The Labute approximate surface area is 233 Å². The second-order valence-corrected chi connectivity index (χ2v) is 10.5. The molecule has 190 valence electrons. The number of amides is 2. The molecular weight excluding hydrogens is 601 g/mol. The van der Waals surface area contributed by atoms with Crippen LogP contribution in [0.1, 0.15) is 23.6 Å². The number of carbonyl (C=O) groups is 2. The standard InChI is InChI=1S/C28H26IN3O4S/c1-4-35-23-14-19(15-24-27(34)32-28(37-24)31-21-11-7-18(3)8-12-21)13-22(29)26(23)36-16-25(33)30-20-9-5-17(2)6-10-20/h5-15H,4,16H2,1-3H3,(H,30,33)(H,31,32,34)/b24-15+. The molecule has 2 N–H and O–H groups in total. The first-order valence-corrected chi connectivity index (χ1v) is 13.5.